The van der Waals surface area contributed by atoms with Gasteiger partial charge < -0.3 is 10.1 Å². The highest BCUT2D eigenvalue weighted by Gasteiger charge is 2.21. The van der Waals surface area contributed by atoms with Crippen molar-refractivity contribution in [2.45, 2.75) is 6.61 Å². The molecule has 0 aliphatic carbocycles. The molecule has 1 amide bonds. The van der Waals surface area contributed by atoms with Crippen LogP contribution in [0.4, 0.5) is 11.5 Å². The van der Waals surface area contributed by atoms with E-state index in [0.29, 0.717) is 18.2 Å². The molecule has 8 heteroatoms. The number of ether oxygens (including phenoxy) is 1. The molecule has 3 aromatic rings. The van der Waals surface area contributed by atoms with E-state index < -0.39 is 10.8 Å². The van der Waals surface area contributed by atoms with Crippen molar-refractivity contribution < 1.29 is 14.5 Å². The highest BCUT2D eigenvalue weighted by atomic mass is 16.6. The Hall–Kier alpha value is -3.68. The quantitative estimate of drug-likeness (QED) is 0.530. The number of carbonyl (C=O) groups excluding carboxylic acids is 1. The van der Waals surface area contributed by atoms with Crippen molar-refractivity contribution in [1.82, 2.24) is 10.2 Å². The number of amides is 1. The summed E-state index contributed by atoms with van der Waals surface area (Å²) < 4.78 is 5.63. The van der Waals surface area contributed by atoms with E-state index in [-0.39, 0.29) is 11.3 Å². The number of anilines is 1. The van der Waals surface area contributed by atoms with E-state index in [0.717, 1.165) is 5.56 Å². The molecule has 0 bridgehead atoms. The zero-order valence-electron chi connectivity index (χ0n) is 13.0. The smallest absolute Gasteiger partial charge is 0.282 e. The van der Waals surface area contributed by atoms with Crippen LogP contribution in [0.1, 0.15) is 15.9 Å². The Balaban J connectivity index is 1.81. The Labute approximate surface area is 142 Å². The van der Waals surface area contributed by atoms with Gasteiger partial charge in [-0.1, -0.05) is 30.3 Å². The number of benzene rings is 2. The van der Waals surface area contributed by atoms with Gasteiger partial charge in [0.2, 0.25) is 0 Å². The fourth-order valence-corrected chi connectivity index (χ4v) is 2.20. The molecule has 2 aromatic carbocycles. The molecule has 0 fully saturated rings. The number of aromatic amines is 1. The monoisotopic (exact) mass is 338 g/mol. The number of aromatic nitrogens is 2. The van der Waals surface area contributed by atoms with E-state index in [4.69, 9.17) is 4.74 Å². The van der Waals surface area contributed by atoms with E-state index in [9.17, 15) is 14.9 Å². The summed E-state index contributed by atoms with van der Waals surface area (Å²) in [7, 11) is 0. The summed E-state index contributed by atoms with van der Waals surface area (Å²) in [6.07, 6.45) is 1.46. The van der Waals surface area contributed by atoms with Crippen LogP contribution in [0.3, 0.4) is 0 Å². The number of nitrogens with one attached hydrogen (secondary N) is 2. The largest absolute Gasteiger partial charge is 0.489 e. The molecule has 3 rings (SSSR count). The third-order valence-electron chi connectivity index (χ3n) is 3.41. The number of rotatable bonds is 6. The molecule has 0 spiro atoms. The van der Waals surface area contributed by atoms with Crippen molar-refractivity contribution >= 4 is 17.4 Å². The van der Waals surface area contributed by atoms with Gasteiger partial charge in [0, 0.05) is 12.1 Å². The second-order valence-electron chi connectivity index (χ2n) is 5.13. The molecule has 0 atom stereocenters. The first-order valence-electron chi connectivity index (χ1n) is 7.39. The molecular weight excluding hydrogens is 324 g/mol. The van der Waals surface area contributed by atoms with Crippen molar-refractivity contribution in [1.29, 1.82) is 0 Å². The van der Waals surface area contributed by atoms with Gasteiger partial charge in [-0.15, -0.1) is 0 Å². The molecule has 0 saturated carbocycles. The zero-order chi connectivity index (χ0) is 17.6. The van der Waals surface area contributed by atoms with Gasteiger partial charge in [0.25, 0.3) is 11.6 Å². The summed E-state index contributed by atoms with van der Waals surface area (Å²) >= 11 is 0. The van der Waals surface area contributed by atoms with Gasteiger partial charge in [-0.2, -0.15) is 5.10 Å². The maximum atomic E-state index is 12.3. The second kappa shape index (κ2) is 7.26. The molecule has 0 aliphatic heterocycles. The SMILES string of the molecule is O=C(Nc1ccn[nH]1)c1cc(OCc2ccccc2)ccc1[N+](=O)[O-]. The van der Waals surface area contributed by atoms with Crippen LogP contribution in [0.2, 0.25) is 0 Å². The number of nitrogens with zero attached hydrogens (tertiary/aromatic N) is 2. The number of hydrogen-bond acceptors (Lipinski definition) is 5. The summed E-state index contributed by atoms with van der Waals surface area (Å²) in [6, 6.07) is 15.1. The van der Waals surface area contributed by atoms with E-state index in [1.807, 2.05) is 30.3 Å². The molecule has 126 valence electrons. The first-order chi connectivity index (χ1) is 12.1. The third-order valence-corrected chi connectivity index (χ3v) is 3.41. The Morgan fingerprint density at radius 1 is 1.20 bits per heavy atom. The van der Waals surface area contributed by atoms with Crippen molar-refractivity contribution in [3.8, 4) is 5.75 Å². The topological polar surface area (TPSA) is 110 Å². The Morgan fingerprint density at radius 2 is 2.00 bits per heavy atom. The van der Waals surface area contributed by atoms with Crippen molar-refractivity contribution in [3.63, 3.8) is 0 Å². The maximum absolute atomic E-state index is 12.3. The van der Waals surface area contributed by atoms with Gasteiger partial charge in [-0.3, -0.25) is 20.0 Å². The van der Waals surface area contributed by atoms with Gasteiger partial charge in [0.05, 0.1) is 11.1 Å². The molecule has 0 radical (unpaired) electrons. The van der Waals surface area contributed by atoms with Crippen molar-refractivity contribution in [3.05, 3.63) is 82.0 Å². The van der Waals surface area contributed by atoms with Crippen molar-refractivity contribution in [2.24, 2.45) is 0 Å². The summed E-state index contributed by atoms with van der Waals surface area (Å²) in [5.41, 5.74) is 0.554. The summed E-state index contributed by atoms with van der Waals surface area (Å²) in [4.78, 5) is 22.9. The van der Waals surface area contributed by atoms with E-state index in [1.54, 1.807) is 6.07 Å². The highest BCUT2D eigenvalue weighted by molar-refractivity contribution is 6.06. The van der Waals surface area contributed by atoms with Gasteiger partial charge in [0.1, 0.15) is 23.7 Å². The van der Waals surface area contributed by atoms with Gasteiger partial charge in [-0.05, 0) is 17.7 Å². The number of nitro benzene ring substituents is 1. The van der Waals surface area contributed by atoms with E-state index in [2.05, 4.69) is 15.5 Å². The minimum absolute atomic E-state index is 0.0924. The Bertz CT molecular complexity index is 879. The lowest BCUT2D eigenvalue weighted by Crippen LogP contribution is -2.14. The maximum Gasteiger partial charge on any atom is 0.282 e. The highest BCUT2D eigenvalue weighted by Crippen LogP contribution is 2.25. The predicted molar refractivity (Wildman–Crippen MR) is 90.4 cm³/mol. The van der Waals surface area contributed by atoms with Crippen LogP contribution in [0.15, 0.2) is 60.8 Å². The fraction of sp³-hybridized carbons (Fsp3) is 0.0588. The number of H-pyrrole nitrogens is 1. The molecule has 1 aromatic heterocycles. The molecule has 25 heavy (non-hydrogen) atoms. The Morgan fingerprint density at radius 3 is 2.68 bits per heavy atom. The molecule has 2 N–H and O–H groups in total. The second-order valence-corrected chi connectivity index (χ2v) is 5.13. The van der Waals surface area contributed by atoms with Crippen LogP contribution in [0.5, 0.6) is 5.75 Å². The van der Waals surface area contributed by atoms with Crippen LogP contribution in [-0.2, 0) is 6.61 Å². The molecule has 8 nitrogen and oxygen atoms in total. The molecular formula is C17H14N4O4. The molecule has 0 saturated heterocycles. The normalized spacial score (nSPS) is 10.2. The van der Waals surface area contributed by atoms with Crippen molar-refractivity contribution in [2.75, 3.05) is 5.32 Å². The van der Waals surface area contributed by atoms with E-state index in [1.165, 1.54) is 24.4 Å². The van der Waals surface area contributed by atoms with E-state index >= 15 is 0 Å². The van der Waals surface area contributed by atoms with Crippen LogP contribution in [-0.4, -0.2) is 21.0 Å². The van der Waals surface area contributed by atoms with Crippen LogP contribution in [0, 0.1) is 10.1 Å². The predicted octanol–water partition coefficient (Wildman–Crippen LogP) is 3.15. The zero-order valence-corrected chi connectivity index (χ0v) is 13.0. The number of carbonyl (C=O) groups is 1. The standard InChI is InChI=1S/C17H14N4O4/c22-17(19-16-8-9-18-20-16)14-10-13(6-7-15(14)21(23)24)25-11-12-4-2-1-3-5-12/h1-10H,11H2,(H2,18,19,20,22). The Kier molecular flexibility index (Phi) is 4.70. The van der Waals surface area contributed by atoms with Crippen LogP contribution < -0.4 is 10.1 Å². The first-order valence-corrected chi connectivity index (χ1v) is 7.39. The first kappa shape index (κ1) is 16.2. The number of nitro groups is 1. The third kappa shape index (κ3) is 3.99. The van der Waals surface area contributed by atoms with Gasteiger partial charge in [-0.25, -0.2) is 0 Å². The van der Waals surface area contributed by atoms with Crippen LogP contribution >= 0.6 is 0 Å². The van der Waals surface area contributed by atoms with Crippen LogP contribution in [0.25, 0.3) is 0 Å². The molecule has 0 unspecified atom stereocenters. The fourth-order valence-electron chi connectivity index (χ4n) is 2.20. The summed E-state index contributed by atoms with van der Waals surface area (Å²) in [5, 5.41) is 20.0. The van der Waals surface area contributed by atoms with Gasteiger partial charge >= 0.3 is 0 Å². The van der Waals surface area contributed by atoms with Gasteiger partial charge in [0.15, 0.2) is 0 Å². The minimum Gasteiger partial charge on any atom is -0.489 e. The summed E-state index contributed by atoms with van der Waals surface area (Å²) in [6.45, 7) is 0.292. The molecule has 1 heterocycles. The lowest BCUT2D eigenvalue weighted by molar-refractivity contribution is -0.385. The summed E-state index contributed by atoms with van der Waals surface area (Å²) in [5.74, 6) is 0.0835. The lowest BCUT2D eigenvalue weighted by Gasteiger charge is -2.09. The average molecular weight is 338 g/mol. The lowest BCUT2D eigenvalue weighted by atomic mass is 10.1. The number of hydrogen-bond donors (Lipinski definition) is 2. The minimum atomic E-state index is -0.624. The average Bonchev–Trinajstić information content (AvgIpc) is 3.13. The molecule has 0 aliphatic rings.